The van der Waals surface area contributed by atoms with Crippen molar-refractivity contribution >= 4 is 5.91 Å². The van der Waals surface area contributed by atoms with Crippen molar-refractivity contribution in [3.05, 3.63) is 54.1 Å². The third kappa shape index (κ3) is 3.38. The Balaban J connectivity index is 1.79. The van der Waals surface area contributed by atoms with Crippen LogP contribution in [0.3, 0.4) is 0 Å². The van der Waals surface area contributed by atoms with Crippen LogP contribution in [0.25, 0.3) is 0 Å². The molecule has 2 N–H and O–H groups in total. The smallest absolute Gasteiger partial charge is 0.252 e. The average Bonchev–Trinajstić information content (AvgIpc) is 3.02. The molecule has 0 unspecified atom stereocenters. The van der Waals surface area contributed by atoms with E-state index in [4.69, 9.17) is 9.47 Å². The lowest BCUT2D eigenvalue weighted by atomic mass is 9.76. The summed E-state index contributed by atoms with van der Waals surface area (Å²) in [7, 11) is 1.55. The third-order valence-electron chi connectivity index (χ3n) is 4.50. The predicted molar refractivity (Wildman–Crippen MR) is 95.0 cm³/mol. The van der Waals surface area contributed by atoms with E-state index in [-0.39, 0.29) is 5.91 Å². The van der Waals surface area contributed by atoms with E-state index in [1.165, 1.54) is 0 Å². The first-order valence-corrected chi connectivity index (χ1v) is 8.34. The molecule has 1 fully saturated rings. The van der Waals surface area contributed by atoms with Crippen molar-refractivity contribution in [3.8, 4) is 11.5 Å². The largest absolute Gasteiger partial charge is 0.493 e. The molecule has 6 nitrogen and oxygen atoms in total. The minimum absolute atomic E-state index is 0.151. The first kappa shape index (κ1) is 17.1. The molecule has 0 aliphatic heterocycles. The van der Waals surface area contributed by atoms with E-state index >= 15 is 0 Å². The summed E-state index contributed by atoms with van der Waals surface area (Å²) < 4.78 is 10.9. The van der Waals surface area contributed by atoms with E-state index in [1.807, 2.05) is 6.92 Å². The van der Waals surface area contributed by atoms with Crippen LogP contribution >= 0.6 is 0 Å². The zero-order valence-electron chi connectivity index (χ0n) is 14.6. The molecule has 6 heteroatoms. The van der Waals surface area contributed by atoms with Crippen LogP contribution in [0.15, 0.2) is 37.1 Å². The molecule has 1 amide bonds. The minimum atomic E-state index is -0.406. The Bertz CT molecular complexity index is 778. The van der Waals surface area contributed by atoms with Gasteiger partial charge in [-0.05, 0) is 44.4 Å². The molecule has 1 aliphatic rings. The number of carbonyl (C=O) groups excluding carboxylic acids is 1. The van der Waals surface area contributed by atoms with Crippen LogP contribution in [0.2, 0.25) is 0 Å². The van der Waals surface area contributed by atoms with Crippen molar-refractivity contribution in [2.75, 3.05) is 13.7 Å². The summed E-state index contributed by atoms with van der Waals surface area (Å²) in [5, 5.41) is 3.14. The number of benzene rings is 1. The lowest BCUT2D eigenvalue weighted by Gasteiger charge is -2.40. The second-order valence-corrected chi connectivity index (χ2v) is 6.27. The van der Waals surface area contributed by atoms with E-state index in [2.05, 4.69) is 21.9 Å². The summed E-state index contributed by atoms with van der Waals surface area (Å²) in [6.07, 6.45) is 6.27. The number of methoxy groups -OCH3 is 1. The summed E-state index contributed by atoms with van der Waals surface area (Å²) >= 11 is 0. The predicted octanol–water partition coefficient (Wildman–Crippen LogP) is 3.10. The number of amides is 1. The highest BCUT2D eigenvalue weighted by molar-refractivity contribution is 5.95. The van der Waals surface area contributed by atoms with Gasteiger partial charge in [-0.15, -0.1) is 0 Å². The summed E-state index contributed by atoms with van der Waals surface area (Å²) in [5.41, 5.74) is 1.11. The Labute approximate surface area is 147 Å². The summed E-state index contributed by atoms with van der Waals surface area (Å²) in [5.74, 6) is 1.77. The quantitative estimate of drug-likeness (QED) is 0.759. The molecule has 2 aromatic rings. The highest BCUT2D eigenvalue weighted by Crippen LogP contribution is 2.40. The van der Waals surface area contributed by atoms with Gasteiger partial charge in [0.25, 0.3) is 5.91 Å². The van der Waals surface area contributed by atoms with Gasteiger partial charge in [-0.3, -0.25) is 4.79 Å². The molecule has 0 spiro atoms. The Morgan fingerprint density at radius 1 is 1.44 bits per heavy atom. The lowest BCUT2D eigenvalue weighted by Crippen LogP contribution is -2.51. The Kier molecular flexibility index (Phi) is 4.79. The molecule has 1 aromatic heterocycles. The SMILES string of the molecule is C=CCOc1ccc(C(=O)NC2(c3ncc(C)[nH]3)CCC2)cc1OC. The summed E-state index contributed by atoms with van der Waals surface area (Å²) in [6, 6.07) is 5.16. The van der Waals surface area contributed by atoms with Gasteiger partial charge in [0.1, 0.15) is 12.4 Å². The van der Waals surface area contributed by atoms with Crippen LogP contribution in [0, 0.1) is 6.92 Å². The second-order valence-electron chi connectivity index (χ2n) is 6.27. The molecule has 0 radical (unpaired) electrons. The van der Waals surface area contributed by atoms with E-state index in [0.717, 1.165) is 30.8 Å². The minimum Gasteiger partial charge on any atom is -0.493 e. The number of ether oxygens (including phenoxy) is 2. The zero-order chi connectivity index (χ0) is 17.9. The van der Waals surface area contributed by atoms with Gasteiger partial charge in [0, 0.05) is 17.5 Å². The van der Waals surface area contributed by atoms with Gasteiger partial charge in [-0.2, -0.15) is 0 Å². The van der Waals surface area contributed by atoms with E-state index in [9.17, 15) is 4.79 Å². The van der Waals surface area contributed by atoms with Crippen molar-refractivity contribution in [1.29, 1.82) is 0 Å². The zero-order valence-corrected chi connectivity index (χ0v) is 14.6. The number of aryl methyl sites for hydroxylation is 1. The number of nitrogens with zero attached hydrogens (tertiary/aromatic N) is 1. The Morgan fingerprint density at radius 2 is 2.24 bits per heavy atom. The highest BCUT2D eigenvalue weighted by atomic mass is 16.5. The van der Waals surface area contributed by atoms with Crippen LogP contribution in [0.5, 0.6) is 11.5 Å². The molecule has 1 aliphatic carbocycles. The number of rotatable bonds is 7. The van der Waals surface area contributed by atoms with Crippen molar-refractivity contribution in [2.24, 2.45) is 0 Å². The number of hydrogen-bond acceptors (Lipinski definition) is 4. The Hall–Kier alpha value is -2.76. The van der Waals surface area contributed by atoms with Crippen LogP contribution in [0.1, 0.15) is 41.1 Å². The van der Waals surface area contributed by atoms with Crippen molar-refractivity contribution in [2.45, 2.75) is 31.7 Å². The number of hydrogen-bond donors (Lipinski definition) is 2. The summed E-state index contributed by atoms with van der Waals surface area (Å²) in [6.45, 7) is 5.96. The standard InChI is InChI=1S/C19H23N3O3/c1-4-10-25-15-7-6-14(11-16(15)24-3)17(23)22-19(8-5-9-19)18-20-12-13(2)21-18/h4,6-7,11-12H,1,5,8-10H2,2-3H3,(H,20,21)(H,22,23). The van der Waals surface area contributed by atoms with Gasteiger partial charge in [-0.1, -0.05) is 12.7 Å². The highest BCUT2D eigenvalue weighted by Gasteiger charge is 2.42. The number of carbonyl (C=O) groups is 1. The molecule has 25 heavy (non-hydrogen) atoms. The number of imidazole rings is 1. The van der Waals surface area contributed by atoms with Crippen LogP contribution in [0.4, 0.5) is 0 Å². The fourth-order valence-corrected chi connectivity index (χ4v) is 2.97. The van der Waals surface area contributed by atoms with Gasteiger partial charge in [0.2, 0.25) is 0 Å². The van der Waals surface area contributed by atoms with E-state index < -0.39 is 5.54 Å². The number of aromatic amines is 1. The Morgan fingerprint density at radius 3 is 2.80 bits per heavy atom. The van der Waals surface area contributed by atoms with Crippen molar-refractivity contribution in [3.63, 3.8) is 0 Å². The molecular formula is C19H23N3O3. The van der Waals surface area contributed by atoms with E-state index in [0.29, 0.717) is 23.7 Å². The molecule has 1 saturated carbocycles. The van der Waals surface area contributed by atoms with Gasteiger partial charge < -0.3 is 19.8 Å². The number of H-pyrrole nitrogens is 1. The molecule has 0 atom stereocenters. The van der Waals surface area contributed by atoms with Gasteiger partial charge in [0.05, 0.1) is 12.6 Å². The summed E-state index contributed by atoms with van der Waals surface area (Å²) in [4.78, 5) is 20.4. The first-order valence-electron chi connectivity index (χ1n) is 8.34. The lowest BCUT2D eigenvalue weighted by molar-refractivity contribution is 0.0810. The van der Waals surface area contributed by atoms with Crippen LogP contribution < -0.4 is 14.8 Å². The van der Waals surface area contributed by atoms with Crippen LogP contribution in [-0.2, 0) is 5.54 Å². The van der Waals surface area contributed by atoms with E-state index in [1.54, 1.807) is 37.6 Å². The third-order valence-corrected chi connectivity index (χ3v) is 4.50. The van der Waals surface area contributed by atoms with Crippen molar-refractivity contribution in [1.82, 2.24) is 15.3 Å². The molecule has 3 rings (SSSR count). The second kappa shape index (κ2) is 7.01. The average molecular weight is 341 g/mol. The van der Waals surface area contributed by atoms with Crippen molar-refractivity contribution < 1.29 is 14.3 Å². The molecule has 1 aromatic carbocycles. The molecule has 0 saturated heterocycles. The normalized spacial score (nSPS) is 15.1. The maximum atomic E-state index is 12.8. The molecule has 132 valence electrons. The number of nitrogens with one attached hydrogen (secondary N) is 2. The first-order chi connectivity index (χ1) is 12.1. The van der Waals surface area contributed by atoms with Gasteiger partial charge >= 0.3 is 0 Å². The molecule has 1 heterocycles. The molecule has 0 bridgehead atoms. The fraction of sp³-hybridized carbons (Fsp3) is 0.368. The monoisotopic (exact) mass is 341 g/mol. The van der Waals surface area contributed by atoms with Crippen LogP contribution in [-0.4, -0.2) is 29.6 Å². The topological polar surface area (TPSA) is 76.2 Å². The van der Waals surface area contributed by atoms with Gasteiger partial charge in [-0.25, -0.2) is 4.98 Å². The number of aromatic nitrogens is 2. The maximum absolute atomic E-state index is 12.8. The molecular weight excluding hydrogens is 318 g/mol. The fourth-order valence-electron chi connectivity index (χ4n) is 2.97. The maximum Gasteiger partial charge on any atom is 0.252 e. The van der Waals surface area contributed by atoms with Gasteiger partial charge in [0.15, 0.2) is 11.5 Å².